The van der Waals surface area contributed by atoms with Crippen molar-refractivity contribution in [1.29, 1.82) is 0 Å². The molecule has 1 saturated heterocycles. The van der Waals surface area contributed by atoms with Gasteiger partial charge in [0.05, 0.1) is 17.4 Å². The van der Waals surface area contributed by atoms with Gasteiger partial charge in [-0.25, -0.2) is 4.98 Å². The number of anilines is 1. The summed E-state index contributed by atoms with van der Waals surface area (Å²) in [6, 6.07) is 2.17. The molecule has 2 heterocycles. The van der Waals surface area contributed by atoms with Crippen LogP contribution in [0.2, 0.25) is 0 Å². The van der Waals surface area contributed by atoms with Gasteiger partial charge >= 0.3 is 0 Å². The second-order valence-corrected chi connectivity index (χ2v) is 5.30. The Bertz CT molecular complexity index is 454. The molecule has 1 aliphatic rings. The first-order valence-corrected chi connectivity index (χ1v) is 7.49. The predicted octanol–water partition coefficient (Wildman–Crippen LogP) is 2.25. The summed E-state index contributed by atoms with van der Waals surface area (Å²) >= 11 is 2.25. The van der Waals surface area contributed by atoms with Gasteiger partial charge in [-0.05, 0) is 41.6 Å². The van der Waals surface area contributed by atoms with Crippen LogP contribution in [0.1, 0.15) is 25.3 Å². The molecular weight excluding hydrogens is 337 g/mol. The minimum absolute atomic E-state index is 0.883. The standard InChI is InChI=1S/C14H18IN3/c1-2-3-5-12-10-13(11-17-14(12)15)18-8-4-6-16-7-9-18/h10-11,16H,2,4,6-9H2,1H3. The maximum absolute atomic E-state index is 4.46. The smallest absolute Gasteiger partial charge is 0.117 e. The first-order valence-electron chi connectivity index (χ1n) is 6.41. The molecule has 0 unspecified atom stereocenters. The van der Waals surface area contributed by atoms with Crippen molar-refractivity contribution in [3.63, 3.8) is 0 Å². The molecular formula is C14H18IN3. The van der Waals surface area contributed by atoms with Crippen LogP contribution < -0.4 is 10.2 Å². The van der Waals surface area contributed by atoms with E-state index in [-0.39, 0.29) is 0 Å². The van der Waals surface area contributed by atoms with Crippen molar-refractivity contribution in [2.45, 2.75) is 19.8 Å². The first kappa shape index (κ1) is 13.6. The number of hydrogen-bond donors (Lipinski definition) is 1. The topological polar surface area (TPSA) is 28.2 Å². The van der Waals surface area contributed by atoms with Crippen molar-refractivity contribution >= 4 is 28.3 Å². The van der Waals surface area contributed by atoms with E-state index in [1.54, 1.807) is 0 Å². The molecule has 1 N–H and O–H groups in total. The highest BCUT2D eigenvalue weighted by molar-refractivity contribution is 14.1. The third-order valence-electron chi connectivity index (χ3n) is 2.93. The van der Waals surface area contributed by atoms with Crippen LogP contribution in [0.3, 0.4) is 0 Å². The van der Waals surface area contributed by atoms with Crippen LogP contribution in [0, 0.1) is 15.5 Å². The Morgan fingerprint density at radius 2 is 2.33 bits per heavy atom. The summed E-state index contributed by atoms with van der Waals surface area (Å²) in [6.45, 7) is 6.36. The molecule has 18 heavy (non-hydrogen) atoms. The molecule has 96 valence electrons. The van der Waals surface area contributed by atoms with E-state index in [0.29, 0.717) is 0 Å². The fourth-order valence-corrected chi connectivity index (χ4v) is 2.42. The van der Waals surface area contributed by atoms with E-state index in [4.69, 9.17) is 0 Å². The molecule has 1 aliphatic heterocycles. The number of pyridine rings is 1. The molecule has 0 aromatic carbocycles. The van der Waals surface area contributed by atoms with Crippen LogP contribution in [0.25, 0.3) is 0 Å². The second-order valence-electron chi connectivity index (χ2n) is 4.28. The Labute approximate surface area is 123 Å². The minimum atomic E-state index is 0.883. The Hall–Kier alpha value is -0.800. The van der Waals surface area contributed by atoms with E-state index < -0.39 is 0 Å². The third kappa shape index (κ3) is 3.59. The van der Waals surface area contributed by atoms with Gasteiger partial charge in [0, 0.05) is 26.1 Å². The Morgan fingerprint density at radius 1 is 1.44 bits per heavy atom. The maximum Gasteiger partial charge on any atom is 0.117 e. The number of nitrogens with one attached hydrogen (secondary N) is 1. The van der Waals surface area contributed by atoms with E-state index in [2.05, 4.69) is 62.6 Å². The Kier molecular flexibility index (Phi) is 5.26. The Balaban J connectivity index is 2.22. The molecule has 1 aromatic rings. The quantitative estimate of drug-likeness (QED) is 0.476. The van der Waals surface area contributed by atoms with Crippen molar-refractivity contribution < 1.29 is 0 Å². The third-order valence-corrected chi connectivity index (χ3v) is 3.79. The lowest BCUT2D eigenvalue weighted by molar-refractivity contribution is 0.724. The zero-order valence-electron chi connectivity index (χ0n) is 10.7. The Morgan fingerprint density at radius 3 is 3.17 bits per heavy atom. The summed E-state index contributed by atoms with van der Waals surface area (Å²) in [5.74, 6) is 6.32. The number of halogens is 1. The molecule has 1 aromatic heterocycles. The molecule has 1 fully saturated rings. The molecule has 0 spiro atoms. The van der Waals surface area contributed by atoms with Crippen molar-refractivity contribution in [3.05, 3.63) is 21.5 Å². The second kappa shape index (κ2) is 6.95. The molecule has 2 rings (SSSR count). The van der Waals surface area contributed by atoms with Gasteiger partial charge in [-0.3, -0.25) is 0 Å². The van der Waals surface area contributed by atoms with Gasteiger partial charge in [-0.15, -0.1) is 0 Å². The van der Waals surface area contributed by atoms with Gasteiger partial charge in [0.2, 0.25) is 0 Å². The van der Waals surface area contributed by atoms with Crippen molar-refractivity contribution in [3.8, 4) is 11.8 Å². The fourth-order valence-electron chi connectivity index (χ4n) is 1.99. The lowest BCUT2D eigenvalue weighted by Crippen LogP contribution is -2.28. The summed E-state index contributed by atoms with van der Waals surface area (Å²) in [5, 5.41) is 3.42. The summed E-state index contributed by atoms with van der Waals surface area (Å²) in [6.07, 6.45) is 4.03. The van der Waals surface area contributed by atoms with Crippen LogP contribution in [-0.4, -0.2) is 31.2 Å². The highest BCUT2D eigenvalue weighted by atomic mass is 127. The number of aromatic nitrogens is 1. The zero-order chi connectivity index (χ0) is 12.8. The zero-order valence-corrected chi connectivity index (χ0v) is 12.8. The molecule has 3 nitrogen and oxygen atoms in total. The maximum atomic E-state index is 4.46. The van der Waals surface area contributed by atoms with E-state index in [9.17, 15) is 0 Å². The van der Waals surface area contributed by atoms with Gasteiger partial charge in [-0.1, -0.05) is 18.8 Å². The largest absolute Gasteiger partial charge is 0.369 e. The van der Waals surface area contributed by atoms with E-state index in [1.165, 1.54) is 12.1 Å². The molecule has 0 radical (unpaired) electrons. The van der Waals surface area contributed by atoms with Gasteiger partial charge < -0.3 is 10.2 Å². The normalized spacial score (nSPS) is 15.8. The number of rotatable bonds is 1. The lowest BCUT2D eigenvalue weighted by Gasteiger charge is -2.22. The van der Waals surface area contributed by atoms with Crippen molar-refractivity contribution in [1.82, 2.24) is 10.3 Å². The number of hydrogen-bond acceptors (Lipinski definition) is 3. The van der Waals surface area contributed by atoms with E-state index >= 15 is 0 Å². The van der Waals surface area contributed by atoms with Crippen LogP contribution >= 0.6 is 22.6 Å². The van der Waals surface area contributed by atoms with Crippen LogP contribution in [0.15, 0.2) is 12.3 Å². The average molecular weight is 355 g/mol. The SMILES string of the molecule is CCC#Cc1cc(N2CCCNCC2)cnc1I. The van der Waals surface area contributed by atoms with Gasteiger partial charge in [0.25, 0.3) is 0 Å². The summed E-state index contributed by atoms with van der Waals surface area (Å²) < 4.78 is 0.991. The molecule has 0 aliphatic carbocycles. The highest BCUT2D eigenvalue weighted by Crippen LogP contribution is 2.18. The van der Waals surface area contributed by atoms with E-state index in [0.717, 1.165) is 41.9 Å². The van der Waals surface area contributed by atoms with Crippen molar-refractivity contribution in [2.24, 2.45) is 0 Å². The molecule has 0 atom stereocenters. The van der Waals surface area contributed by atoms with Crippen molar-refractivity contribution in [2.75, 3.05) is 31.1 Å². The fraction of sp³-hybridized carbons (Fsp3) is 0.500. The average Bonchev–Trinajstić information content (AvgIpc) is 2.67. The summed E-state index contributed by atoms with van der Waals surface area (Å²) in [5.41, 5.74) is 2.24. The highest BCUT2D eigenvalue weighted by Gasteiger charge is 2.11. The van der Waals surface area contributed by atoms with Crippen LogP contribution in [0.4, 0.5) is 5.69 Å². The monoisotopic (exact) mass is 355 g/mol. The predicted molar refractivity (Wildman–Crippen MR) is 83.8 cm³/mol. The van der Waals surface area contributed by atoms with Gasteiger partial charge in [0.1, 0.15) is 3.70 Å². The summed E-state index contributed by atoms with van der Waals surface area (Å²) in [4.78, 5) is 6.85. The molecule has 4 heteroatoms. The first-order chi connectivity index (χ1) is 8.81. The summed E-state index contributed by atoms with van der Waals surface area (Å²) in [7, 11) is 0. The number of nitrogens with zero attached hydrogens (tertiary/aromatic N) is 2. The van der Waals surface area contributed by atoms with Crippen LogP contribution in [-0.2, 0) is 0 Å². The van der Waals surface area contributed by atoms with Gasteiger partial charge in [-0.2, -0.15) is 0 Å². The van der Waals surface area contributed by atoms with E-state index in [1.807, 2.05) is 6.20 Å². The van der Waals surface area contributed by atoms with Gasteiger partial charge in [0.15, 0.2) is 0 Å². The lowest BCUT2D eigenvalue weighted by atomic mass is 10.2. The molecule has 0 amide bonds. The molecule has 0 saturated carbocycles. The minimum Gasteiger partial charge on any atom is -0.369 e. The molecule has 0 bridgehead atoms. The van der Waals surface area contributed by atoms with Crippen LogP contribution in [0.5, 0.6) is 0 Å².